The average molecular weight is 306 g/mol. The van der Waals surface area contributed by atoms with Crippen LogP contribution in [0.1, 0.15) is 18.5 Å². The minimum absolute atomic E-state index is 0.193. The first-order chi connectivity index (χ1) is 10.2. The van der Waals surface area contributed by atoms with Crippen molar-refractivity contribution in [2.75, 3.05) is 20.3 Å². The van der Waals surface area contributed by atoms with Crippen molar-refractivity contribution in [1.82, 2.24) is 5.32 Å². The van der Waals surface area contributed by atoms with Gasteiger partial charge in [-0.2, -0.15) is 0 Å². The predicted molar refractivity (Wildman–Crippen MR) is 86.4 cm³/mol. The van der Waals surface area contributed by atoms with Gasteiger partial charge in [-0.25, -0.2) is 0 Å². The molecule has 4 heteroatoms. The van der Waals surface area contributed by atoms with Crippen molar-refractivity contribution >= 4 is 11.6 Å². The van der Waals surface area contributed by atoms with Gasteiger partial charge in [0.25, 0.3) is 0 Å². The highest BCUT2D eigenvalue weighted by Gasteiger charge is 2.07. The Morgan fingerprint density at radius 3 is 2.38 bits per heavy atom. The van der Waals surface area contributed by atoms with Crippen molar-refractivity contribution in [1.29, 1.82) is 0 Å². The Bertz CT molecular complexity index is 557. The van der Waals surface area contributed by atoms with E-state index < -0.39 is 0 Å². The van der Waals surface area contributed by atoms with Gasteiger partial charge in [0.15, 0.2) is 0 Å². The zero-order valence-electron chi connectivity index (χ0n) is 12.3. The molecule has 1 N–H and O–H groups in total. The van der Waals surface area contributed by atoms with Gasteiger partial charge in [0.2, 0.25) is 0 Å². The summed E-state index contributed by atoms with van der Waals surface area (Å²) in [5.41, 5.74) is 1.10. The molecule has 2 aromatic rings. The van der Waals surface area contributed by atoms with Gasteiger partial charge in [-0.3, -0.25) is 0 Å². The van der Waals surface area contributed by atoms with Gasteiger partial charge < -0.3 is 14.8 Å². The summed E-state index contributed by atoms with van der Waals surface area (Å²) < 4.78 is 10.8. The molecule has 0 aliphatic carbocycles. The summed E-state index contributed by atoms with van der Waals surface area (Å²) in [6.07, 6.45) is 0. The molecule has 112 valence electrons. The second-order valence-corrected chi connectivity index (χ2v) is 5.13. The van der Waals surface area contributed by atoms with Crippen molar-refractivity contribution < 1.29 is 9.47 Å². The summed E-state index contributed by atoms with van der Waals surface area (Å²) in [6.45, 7) is 3.44. The van der Waals surface area contributed by atoms with Crippen LogP contribution in [-0.4, -0.2) is 20.3 Å². The Kier molecular flexibility index (Phi) is 5.90. The number of nitrogens with one attached hydrogen (secondary N) is 1. The minimum Gasteiger partial charge on any atom is -0.497 e. The van der Waals surface area contributed by atoms with E-state index in [9.17, 15) is 0 Å². The van der Waals surface area contributed by atoms with Gasteiger partial charge >= 0.3 is 0 Å². The van der Waals surface area contributed by atoms with Crippen LogP contribution in [0.2, 0.25) is 5.02 Å². The second kappa shape index (κ2) is 7.91. The van der Waals surface area contributed by atoms with Gasteiger partial charge in [0, 0.05) is 17.6 Å². The first-order valence-corrected chi connectivity index (χ1v) is 7.33. The second-order valence-electron chi connectivity index (χ2n) is 4.72. The van der Waals surface area contributed by atoms with Crippen molar-refractivity contribution in [3.8, 4) is 11.5 Å². The van der Waals surface area contributed by atoms with Crippen LogP contribution in [0.3, 0.4) is 0 Å². The first-order valence-electron chi connectivity index (χ1n) is 6.95. The summed E-state index contributed by atoms with van der Waals surface area (Å²) in [6, 6.07) is 15.6. The minimum atomic E-state index is 0.193. The van der Waals surface area contributed by atoms with Gasteiger partial charge in [0.1, 0.15) is 18.1 Å². The first kappa shape index (κ1) is 15.7. The van der Waals surface area contributed by atoms with E-state index in [0.29, 0.717) is 6.61 Å². The molecule has 21 heavy (non-hydrogen) atoms. The van der Waals surface area contributed by atoms with Gasteiger partial charge in [0.05, 0.1) is 7.11 Å². The lowest BCUT2D eigenvalue weighted by atomic mass is 10.1. The highest BCUT2D eigenvalue weighted by atomic mass is 35.5. The molecule has 0 bridgehead atoms. The lowest BCUT2D eigenvalue weighted by Crippen LogP contribution is -2.24. The molecule has 0 unspecified atom stereocenters. The monoisotopic (exact) mass is 305 g/mol. The van der Waals surface area contributed by atoms with Crippen LogP contribution in [0.25, 0.3) is 0 Å². The van der Waals surface area contributed by atoms with Crippen molar-refractivity contribution in [2.24, 2.45) is 0 Å². The Hall–Kier alpha value is -1.71. The van der Waals surface area contributed by atoms with Crippen LogP contribution < -0.4 is 14.8 Å². The molecule has 0 fully saturated rings. The van der Waals surface area contributed by atoms with Crippen LogP contribution in [0.5, 0.6) is 11.5 Å². The van der Waals surface area contributed by atoms with Crippen LogP contribution in [0.4, 0.5) is 0 Å². The third kappa shape index (κ3) is 4.66. The number of benzene rings is 2. The number of methoxy groups -OCH3 is 1. The van der Waals surface area contributed by atoms with Crippen molar-refractivity contribution in [3.63, 3.8) is 0 Å². The summed E-state index contributed by atoms with van der Waals surface area (Å²) in [7, 11) is 1.65. The Morgan fingerprint density at radius 2 is 1.71 bits per heavy atom. The van der Waals surface area contributed by atoms with Crippen molar-refractivity contribution in [3.05, 3.63) is 59.1 Å². The fourth-order valence-electron chi connectivity index (χ4n) is 2.05. The Morgan fingerprint density at radius 1 is 1.05 bits per heavy atom. The molecule has 0 saturated carbocycles. The zero-order chi connectivity index (χ0) is 15.1. The van der Waals surface area contributed by atoms with E-state index in [1.165, 1.54) is 0 Å². The van der Waals surface area contributed by atoms with Gasteiger partial charge in [-0.15, -0.1) is 0 Å². The Labute approximate surface area is 130 Å². The molecule has 0 heterocycles. The zero-order valence-corrected chi connectivity index (χ0v) is 13.1. The van der Waals surface area contributed by atoms with E-state index in [-0.39, 0.29) is 6.04 Å². The SMILES string of the molecule is COc1ccc(OCCN[C@H](C)c2ccccc2Cl)cc1. The largest absolute Gasteiger partial charge is 0.497 e. The highest BCUT2D eigenvalue weighted by molar-refractivity contribution is 6.31. The van der Waals surface area contributed by atoms with Crippen LogP contribution in [0.15, 0.2) is 48.5 Å². The lowest BCUT2D eigenvalue weighted by Gasteiger charge is -2.16. The summed E-state index contributed by atoms with van der Waals surface area (Å²) in [4.78, 5) is 0. The topological polar surface area (TPSA) is 30.5 Å². The van der Waals surface area contributed by atoms with Crippen LogP contribution in [-0.2, 0) is 0 Å². The number of rotatable bonds is 7. The standard InChI is InChI=1S/C17H20ClNO2/c1-13(16-5-3-4-6-17(16)18)19-11-12-21-15-9-7-14(20-2)8-10-15/h3-10,13,19H,11-12H2,1-2H3/t13-/m1/s1. The molecule has 1 atom stereocenters. The smallest absolute Gasteiger partial charge is 0.119 e. The van der Waals surface area contributed by atoms with Gasteiger partial charge in [-0.05, 0) is 42.8 Å². The van der Waals surface area contributed by atoms with E-state index in [2.05, 4.69) is 12.2 Å². The quantitative estimate of drug-likeness (QED) is 0.782. The number of hydrogen-bond donors (Lipinski definition) is 1. The van der Waals surface area contributed by atoms with Crippen LogP contribution in [0, 0.1) is 0 Å². The maximum Gasteiger partial charge on any atom is 0.119 e. The molecular formula is C17H20ClNO2. The summed E-state index contributed by atoms with van der Waals surface area (Å²) in [5, 5.41) is 4.18. The normalized spacial score (nSPS) is 12.0. The van der Waals surface area contributed by atoms with Gasteiger partial charge in [-0.1, -0.05) is 29.8 Å². The predicted octanol–water partition coefficient (Wildman–Crippen LogP) is 4.08. The molecule has 0 saturated heterocycles. The molecule has 0 radical (unpaired) electrons. The van der Waals surface area contributed by atoms with Crippen molar-refractivity contribution in [2.45, 2.75) is 13.0 Å². The maximum atomic E-state index is 6.17. The number of hydrogen-bond acceptors (Lipinski definition) is 3. The molecule has 2 aromatic carbocycles. The fourth-order valence-corrected chi connectivity index (χ4v) is 2.35. The Balaban J connectivity index is 1.75. The number of halogens is 1. The van der Waals surface area contributed by atoms with E-state index in [0.717, 1.165) is 28.6 Å². The van der Waals surface area contributed by atoms with E-state index in [1.54, 1.807) is 7.11 Å². The molecule has 0 aliphatic rings. The average Bonchev–Trinajstić information content (AvgIpc) is 2.52. The molecule has 0 aromatic heterocycles. The van der Waals surface area contributed by atoms with E-state index >= 15 is 0 Å². The molecule has 3 nitrogen and oxygen atoms in total. The lowest BCUT2D eigenvalue weighted by molar-refractivity contribution is 0.307. The highest BCUT2D eigenvalue weighted by Crippen LogP contribution is 2.22. The fraction of sp³-hybridized carbons (Fsp3) is 0.294. The molecule has 0 aliphatic heterocycles. The van der Waals surface area contributed by atoms with E-state index in [1.807, 2.05) is 48.5 Å². The molecule has 0 spiro atoms. The third-order valence-electron chi connectivity index (χ3n) is 3.25. The number of ether oxygens (including phenoxy) is 2. The molecule has 2 rings (SSSR count). The summed E-state index contributed by atoms with van der Waals surface area (Å²) >= 11 is 6.17. The molecular weight excluding hydrogens is 286 g/mol. The van der Waals surface area contributed by atoms with E-state index in [4.69, 9.17) is 21.1 Å². The third-order valence-corrected chi connectivity index (χ3v) is 3.60. The maximum absolute atomic E-state index is 6.17. The summed E-state index contributed by atoms with van der Waals surface area (Å²) in [5.74, 6) is 1.66. The van der Waals surface area contributed by atoms with Crippen LogP contribution >= 0.6 is 11.6 Å². The molecule has 0 amide bonds.